The fourth-order valence-electron chi connectivity index (χ4n) is 4.29. The maximum absolute atomic E-state index is 8.81. The summed E-state index contributed by atoms with van der Waals surface area (Å²) < 4.78 is 5.96. The molecule has 4 rings (SSSR count). The Morgan fingerprint density at radius 1 is 0.853 bits per heavy atom. The van der Waals surface area contributed by atoms with Crippen LogP contribution in [0.2, 0.25) is 5.02 Å². The molecule has 0 spiro atoms. The third-order valence-corrected chi connectivity index (χ3v) is 6.33. The standard InChI is InChI=1S/C29H31ClN2O2/c30-27-13-11-26(12-14-27)29(25-7-2-1-3-8-25)32-19-17-31(18-20-32)21-23-34-28-15-9-24(10-16-28)6-4-5-22-33/h1-3,7-16,29,33H,5,17-23H2/t29-/m1/s1. The van der Waals surface area contributed by atoms with E-state index in [-0.39, 0.29) is 12.6 Å². The number of nitrogens with zero attached hydrogens (tertiary/aromatic N) is 2. The molecule has 1 heterocycles. The second-order valence-electron chi connectivity index (χ2n) is 8.39. The lowest BCUT2D eigenvalue weighted by molar-refractivity contribution is 0.0977. The molecule has 5 heteroatoms. The van der Waals surface area contributed by atoms with E-state index < -0.39 is 0 Å². The molecule has 0 aromatic heterocycles. The number of aliphatic hydroxyl groups excluding tert-OH is 1. The van der Waals surface area contributed by atoms with E-state index in [1.54, 1.807) is 0 Å². The second-order valence-corrected chi connectivity index (χ2v) is 8.83. The number of halogens is 1. The van der Waals surface area contributed by atoms with Gasteiger partial charge in [0.1, 0.15) is 12.4 Å². The van der Waals surface area contributed by atoms with Gasteiger partial charge in [0.2, 0.25) is 0 Å². The van der Waals surface area contributed by atoms with Crippen LogP contribution in [0.3, 0.4) is 0 Å². The summed E-state index contributed by atoms with van der Waals surface area (Å²) in [7, 11) is 0. The maximum Gasteiger partial charge on any atom is 0.119 e. The quantitative estimate of drug-likeness (QED) is 0.473. The molecule has 1 aliphatic rings. The van der Waals surface area contributed by atoms with E-state index >= 15 is 0 Å². The van der Waals surface area contributed by atoms with Crippen LogP contribution in [-0.4, -0.2) is 60.8 Å². The van der Waals surface area contributed by atoms with Gasteiger partial charge in [-0.2, -0.15) is 0 Å². The molecule has 3 aromatic rings. The van der Waals surface area contributed by atoms with Crippen molar-refractivity contribution in [1.29, 1.82) is 0 Å². The average molecular weight is 475 g/mol. The van der Waals surface area contributed by atoms with E-state index in [1.807, 2.05) is 36.4 Å². The Morgan fingerprint density at radius 3 is 2.21 bits per heavy atom. The van der Waals surface area contributed by atoms with Gasteiger partial charge >= 0.3 is 0 Å². The molecule has 0 aliphatic carbocycles. The lowest BCUT2D eigenvalue weighted by Crippen LogP contribution is -2.48. The van der Waals surface area contributed by atoms with Crippen LogP contribution in [0.1, 0.15) is 29.2 Å². The Balaban J connectivity index is 1.29. The molecular formula is C29H31ClN2O2. The number of ether oxygens (including phenoxy) is 1. The molecule has 34 heavy (non-hydrogen) atoms. The molecule has 4 nitrogen and oxygen atoms in total. The van der Waals surface area contributed by atoms with Crippen molar-refractivity contribution < 1.29 is 9.84 Å². The molecule has 0 bridgehead atoms. The average Bonchev–Trinajstić information content (AvgIpc) is 2.88. The summed E-state index contributed by atoms with van der Waals surface area (Å²) >= 11 is 6.15. The predicted octanol–water partition coefficient (Wildman–Crippen LogP) is 4.86. The molecule has 1 N–H and O–H groups in total. The fourth-order valence-corrected chi connectivity index (χ4v) is 4.41. The summed E-state index contributed by atoms with van der Waals surface area (Å²) in [6.07, 6.45) is 0.497. The normalized spacial score (nSPS) is 15.4. The van der Waals surface area contributed by atoms with Crippen LogP contribution in [0, 0.1) is 11.8 Å². The number of hydrogen-bond acceptors (Lipinski definition) is 4. The molecule has 0 amide bonds. The Kier molecular flexibility index (Phi) is 9.01. The van der Waals surface area contributed by atoms with E-state index in [0.717, 1.165) is 49.1 Å². The summed E-state index contributed by atoms with van der Waals surface area (Å²) in [5.41, 5.74) is 3.52. The highest BCUT2D eigenvalue weighted by Gasteiger charge is 2.26. The van der Waals surface area contributed by atoms with Crippen molar-refractivity contribution in [3.8, 4) is 17.6 Å². The molecular weight excluding hydrogens is 444 g/mol. The highest BCUT2D eigenvalue weighted by Crippen LogP contribution is 2.30. The summed E-state index contributed by atoms with van der Waals surface area (Å²) in [6, 6.07) is 27.0. The Morgan fingerprint density at radius 2 is 1.53 bits per heavy atom. The van der Waals surface area contributed by atoms with Crippen LogP contribution in [0.25, 0.3) is 0 Å². The largest absolute Gasteiger partial charge is 0.492 e. The van der Waals surface area contributed by atoms with Gasteiger partial charge in [-0.3, -0.25) is 9.80 Å². The minimum Gasteiger partial charge on any atom is -0.492 e. The summed E-state index contributed by atoms with van der Waals surface area (Å²) in [5.74, 6) is 6.83. The molecule has 3 aromatic carbocycles. The van der Waals surface area contributed by atoms with E-state index in [0.29, 0.717) is 13.0 Å². The smallest absolute Gasteiger partial charge is 0.119 e. The molecule has 1 fully saturated rings. The van der Waals surface area contributed by atoms with Crippen molar-refractivity contribution in [3.63, 3.8) is 0 Å². The lowest BCUT2D eigenvalue weighted by atomic mass is 9.96. The van der Waals surface area contributed by atoms with Crippen LogP contribution in [0.5, 0.6) is 5.75 Å². The van der Waals surface area contributed by atoms with Crippen molar-refractivity contribution in [2.24, 2.45) is 0 Å². The van der Waals surface area contributed by atoms with Crippen LogP contribution >= 0.6 is 11.6 Å². The Hall–Kier alpha value is -2.81. The first-order chi connectivity index (χ1) is 16.7. The minimum atomic E-state index is 0.0937. The third kappa shape index (κ3) is 6.85. The number of benzene rings is 3. The predicted molar refractivity (Wildman–Crippen MR) is 138 cm³/mol. The Bertz CT molecular complexity index is 1070. The van der Waals surface area contributed by atoms with Gasteiger partial charge in [0.05, 0.1) is 12.6 Å². The van der Waals surface area contributed by atoms with Crippen LogP contribution < -0.4 is 4.74 Å². The van der Waals surface area contributed by atoms with Gasteiger partial charge in [-0.15, -0.1) is 0 Å². The van der Waals surface area contributed by atoms with Crippen LogP contribution in [0.15, 0.2) is 78.9 Å². The number of piperazine rings is 1. The van der Waals surface area contributed by atoms with Gasteiger partial charge in [-0.05, 0) is 47.5 Å². The fraction of sp³-hybridized carbons (Fsp3) is 0.310. The first-order valence-electron chi connectivity index (χ1n) is 11.8. The maximum atomic E-state index is 8.81. The lowest BCUT2D eigenvalue weighted by Gasteiger charge is -2.39. The van der Waals surface area contributed by atoms with Gasteiger partial charge in [0, 0.05) is 49.7 Å². The monoisotopic (exact) mass is 474 g/mol. The van der Waals surface area contributed by atoms with Gasteiger partial charge in [-0.1, -0.05) is 65.9 Å². The zero-order valence-electron chi connectivity index (χ0n) is 19.4. The topological polar surface area (TPSA) is 35.9 Å². The van der Waals surface area contributed by atoms with E-state index in [1.165, 1.54) is 11.1 Å². The first kappa shape index (κ1) is 24.3. The Labute approximate surface area is 207 Å². The SMILES string of the molecule is OCCC#Cc1ccc(OCCN2CCN([C@H](c3ccccc3)c3ccc(Cl)cc3)CC2)cc1. The van der Waals surface area contributed by atoms with Gasteiger partial charge in [0.25, 0.3) is 0 Å². The van der Waals surface area contributed by atoms with Gasteiger partial charge in [-0.25, -0.2) is 0 Å². The molecule has 1 atom stereocenters. The van der Waals surface area contributed by atoms with Crippen molar-refractivity contribution >= 4 is 11.6 Å². The van der Waals surface area contributed by atoms with E-state index in [2.05, 4.69) is 64.1 Å². The second kappa shape index (κ2) is 12.6. The molecule has 0 radical (unpaired) electrons. The molecule has 176 valence electrons. The molecule has 1 aliphatic heterocycles. The van der Waals surface area contributed by atoms with Crippen LogP contribution in [0.4, 0.5) is 0 Å². The van der Waals surface area contributed by atoms with Crippen molar-refractivity contribution in [2.75, 3.05) is 45.9 Å². The summed E-state index contributed by atoms with van der Waals surface area (Å²) in [5, 5.41) is 9.58. The number of hydrogen-bond donors (Lipinski definition) is 1. The highest BCUT2D eigenvalue weighted by molar-refractivity contribution is 6.30. The zero-order chi connectivity index (χ0) is 23.6. The van der Waals surface area contributed by atoms with Crippen LogP contribution in [-0.2, 0) is 0 Å². The van der Waals surface area contributed by atoms with E-state index in [9.17, 15) is 0 Å². The molecule has 0 unspecified atom stereocenters. The first-order valence-corrected chi connectivity index (χ1v) is 12.2. The minimum absolute atomic E-state index is 0.0937. The van der Waals surface area contributed by atoms with Crippen molar-refractivity contribution in [1.82, 2.24) is 9.80 Å². The molecule has 1 saturated heterocycles. The van der Waals surface area contributed by atoms with Gasteiger partial charge in [0.15, 0.2) is 0 Å². The third-order valence-electron chi connectivity index (χ3n) is 6.07. The zero-order valence-corrected chi connectivity index (χ0v) is 20.1. The van der Waals surface area contributed by atoms with E-state index in [4.69, 9.17) is 21.4 Å². The molecule has 0 saturated carbocycles. The summed E-state index contributed by atoms with van der Waals surface area (Å²) in [4.78, 5) is 5.03. The van der Waals surface area contributed by atoms with Gasteiger partial charge < -0.3 is 9.84 Å². The van der Waals surface area contributed by atoms with Crippen molar-refractivity contribution in [2.45, 2.75) is 12.5 Å². The summed E-state index contributed by atoms with van der Waals surface area (Å²) in [6.45, 7) is 5.69. The van der Waals surface area contributed by atoms with Crippen molar-refractivity contribution in [3.05, 3.63) is 101 Å². The number of aliphatic hydroxyl groups is 1. The highest BCUT2D eigenvalue weighted by atomic mass is 35.5. The number of rotatable bonds is 8.